The van der Waals surface area contributed by atoms with Gasteiger partial charge >= 0.3 is 0 Å². The largest absolute Gasteiger partial charge is 0.326 e. The van der Waals surface area contributed by atoms with Gasteiger partial charge in [-0.25, -0.2) is 0 Å². The van der Waals surface area contributed by atoms with Crippen LogP contribution in [0.1, 0.15) is 85.5 Å². The summed E-state index contributed by atoms with van der Waals surface area (Å²) in [6.07, 6.45) is 14.9. The molecule has 2 N–H and O–H groups in total. The Morgan fingerprint density at radius 2 is 1.73 bits per heavy atom. The van der Waals surface area contributed by atoms with Gasteiger partial charge in [0.2, 0.25) is 0 Å². The number of allylic oxidation sites excluding steroid dienone is 3. The van der Waals surface area contributed by atoms with Crippen LogP contribution in [0.15, 0.2) is 23.8 Å². The smallest absolute Gasteiger partial charge is 0.0656 e. The highest BCUT2D eigenvalue weighted by molar-refractivity contribution is 8.17. The summed E-state index contributed by atoms with van der Waals surface area (Å²) < 4.78 is 0.648. The fourth-order valence-corrected chi connectivity index (χ4v) is 11.3. The highest BCUT2D eigenvalue weighted by Gasteiger charge is 2.60. The second kappa shape index (κ2) is 9.18. The van der Waals surface area contributed by atoms with E-state index in [4.69, 9.17) is 5.73 Å². The minimum Gasteiger partial charge on any atom is -0.326 e. The molecule has 30 heavy (non-hydrogen) atoms. The Bertz CT molecular complexity index is 666. The maximum Gasteiger partial charge on any atom is 0.0656 e. The Labute approximate surface area is 194 Å². The molecular formula is C27H45NS2. The van der Waals surface area contributed by atoms with Crippen molar-refractivity contribution < 1.29 is 0 Å². The van der Waals surface area contributed by atoms with Crippen molar-refractivity contribution in [2.75, 3.05) is 11.5 Å². The van der Waals surface area contributed by atoms with Gasteiger partial charge in [0.25, 0.3) is 0 Å². The molecule has 3 saturated carbocycles. The summed E-state index contributed by atoms with van der Waals surface area (Å²) >= 11 is 4.31. The van der Waals surface area contributed by atoms with Crippen LogP contribution in [0, 0.1) is 34.5 Å². The van der Waals surface area contributed by atoms with Gasteiger partial charge < -0.3 is 5.73 Å². The Morgan fingerprint density at radius 3 is 2.47 bits per heavy atom. The highest BCUT2D eigenvalue weighted by atomic mass is 32.2. The van der Waals surface area contributed by atoms with E-state index < -0.39 is 0 Å². The average molecular weight is 448 g/mol. The first-order valence-electron chi connectivity index (χ1n) is 12.8. The molecule has 0 amide bonds. The third-order valence-electron chi connectivity index (χ3n) is 9.79. The highest BCUT2D eigenvalue weighted by Crippen LogP contribution is 2.67. The average Bonchev–Trinajstić information content (AvgIpc) is 3.13. The lowest BCUT2D eigenvalue weighted by Gasteiger charge is -2.59. The predicted octanol–water partition coefficient (Wildman–Crippen LogP) is 7.67. The van der Waals surface area contributed by atoms with Crippen LogP contribution in [0.5, 0.6) is 0 Å². The van der Waals surface area contributed by atoms with Gasteiger partial charge in [0.15, 0.2) is 0 Å². The molecule has 1 nitrogen and oxygen atoms in total. The molecule has 0 bridgehead atoms. The van der Waals surface area contributed by atoms with E-state index in [1.165, 1.54) is 74.9 Å². The monoisotopic (exact) mass is 447 g/mol. The molecule has 4 aliphatic carbocycles. The molecule has 0 aromatic rings. The first-order valence-corrected chi connectivity index (χ1v) is 14.9. The second-order valence-electron chi connectivity index (χ2n) is 10.9. The van der Waals surface area contributed by atoms with Gasteiger partial charge in [-0.05, 0) is 104 Å². The molecule has 170 valence electrons. The summed E-state index contributed by atoms with van der Waals surface area (Å²) in [5, 5.41) is 0. The molecule has 0 spiro atoms. The molecule has 0 aromatic heterocycles. The normalized spacial score (nSPS) is 44.7. The van der Waals surface area contributed by atoms with Gasteiger partial charge in [-0.2, -0.15) is 0 Å². The Morgan fingerprint density at radius 1 is 1.00 bits per heavy atom. The number of thioether (sulfide) groups is 2. The molecule has 1 saturated heterocycles. The van der Waals surface area contributed by atoms with Crippen molar-refractivity contribution in [3.63, 3.8) is 0 Å². The standard InChI is InChI=1S/C25H39NS2.C2H6/c1-16-9-11-24(2)17(15-16)5-6-18-19-7-8-21(25(19,3)12-10-20(18)24)22(26)23-27-13-4-14-28-23;1-2/h15,18-23H,1,4-14,26H2,2-3H3;1-2H3. The lowest BCUT2D eigenvalue weighted by molar-refractivity contribution is -0.0525. The van der Waals surface area contributed by atoms with E-state index in [0.717, 1.165) is 23.7 Å². The fraction of sp³-hybridized carbons (Fsp3) is 0.852. The molecule has 3 heteroatoms. The zero-order valence-corrected chi connectivity index (χ0v) is 21.6. The van der Waals surface area contributed by atoms with E-state index in [1.807, 2.05) is 13.8 Å². The van der Waals surface area contributed by atoms with Crippen LogP contribution in [0.25, 0.3) is 0 Å². The van der Waals surface area contributed by atoms with Gasteiger partial charge in [-0.1, -0.05) is 51.5 Å². The molecule has 1 aliphatic heterocycles. The molecule has 7 atom stereocenters. The topological polar surface area (TPSA) is 26.0 Å². The maximum absolute atomic E-state index is 7.00. The lowest BCUT2D eigenvalue weighted by Crippen LogP contribution is -2.53. The van der Waals surface area contributed by atoms with Crippen molar-refractivity contribution in [2.45, 2.75) is 96.1 Å². The van der Waals surface area contributed by atoms with Crippen molar-refractivity contribution in [3.05, 3.63) is 23.8 Å². The maximum atomic E-state index is 7.00. The number of hydrogen-bond acceptors (Lipinski definition) is 3. The van der Waals surface area contributed by atoms with Crippen LogP contribution < -0.4 is 5.73 Å². The number of hydrogen-bond donors (Lipinski definition) is 1. The van der Waals surface area contributed by atoms with Crippen LogP contribution in [0.2, 0.25) is 0 Å². The van der Waals surface area contributed by atoms with E-state index in [2.05, 4.69) is 50.0 Å². The second-order valence-corrected chi connectivity index (χ2v) is 13.7. The van der Waals surface area contributed by atoms with Crippen LogP contribution >= 0.6 is 23.5 Å². The fourth-order valence-electron chi connectivity index (χ4n) is 8.24. The summed E-state index contributed by atoms with van der Waals surface area (Å²) in [6, 6.07) is 0.398. The van der Waals surface area contributed by atoms with E-state index in [0.29, 0.717) is 21.5 Å². The van der Waals surface area contributed by atoms with E-state index in [-0.39, 0.29) is 0 Å². The molecule has 1 heterocycles. The zero-order chi connectivity index (χ0) is 21.5. The molecule has 5 rings (SSSR count). The van der Waals surface area contributed by atoms with Crippen molar-refractivity contribution >= 4 is 23.5 Å². The minimum absolute atomic E-state index is 0.398. The van der Waals surface area contributed by atoms with E-state index in [9.17, 15) is 0 Å². The van der Waals surface area contributed by atoms with Gasteiger partial charge in [0, 0.05) is 6.04 Å². The van der Waals surface area contributed by atoms with Gasteiger partial charge in [0.05, 0.1) is 4.58 Å². The van der Waals surface area contributed by atoms with Gasteiger partial charge in [-0.3, -0.25) is 0 Å². The van der Waals surface area contributed by atoms with Crippen molar-refractivity contribution in [1.82, 2.24) is 0 Å². The summed E-state index contributed by atoms with van der Waals surface area (Å²) in [7, 11) is 0. The number of nitrogens with two attached hydrogens (primary N) is 1. The number of fused-ring (bicyclic) bond motifs is 5. The van der Waals surface area contributed by atoms with Crippen LogP contribution in [-0.2, 0) is 0 Å². The Hall–Kier alpha value is 0.140. The summed E-state index contributed by atoms with van der Waals surface area (Å²) in [5.74, 6) is 6.16. The van der Waals surface area contributed by atoms with Gasteiger partial charge in [0.1, 0.15) is 0 Å². The van der Waals surface area contributed by atoms with Crippen LogP contribution in [-0.4, -0.2) is 22.1 Å². The van der Waals surface area contributed by atoms with E-state index in [1.54, 1.807) is 5.57 Å². The molecular weight excluding hydrogens is 402 g/mol. The molecule has 0 radical (unpaired) electrons. The Balaban J connectivity index is 0.00000106. The van der Waals surface area contributed by atoms with Gasteiger partial charge in [-0.15, -0.1) is 23.5 Å². The predicted molar refractivity (Wildman–Crippen MR) is 137 cm³/mol. The first-order chi connectivity index (χ1) is 14.4. The molecule has 0 aromatic carbocycles. The first kappa shape index (κ1) is 23.3. The summed E-state index contributed by atoms with van der Waals surface area (Å²) in [6.45, 7) is 13.5. The molecule has 5 aliphatic rings. The van der Waals surface area contributed by atoms with E-state index >= 15 is 0 Å². The lowest BCUT2D eigenvalue weighted by atomic mass is 9.46. The van der Waals surface area contributed by atoms with Crippen LogP contribution in [0.3, 0.4) is 0 Å². The minimum atomic E-state index is 0.398. The van der Waals surface area contributed by atoms with Crippen molar-refractivity contribution in [2.24, 2.45) is 40.2 Å². The quantitative estimate of drug-likeness (QED) is 0.470. The molecule has 7 unspecified atom stereocenters. The third-order valence-corrected chi connectivity index (χ3v) is 12.9. The number of rotatable bonds is 2. The van der Waals surface area contributed by atoms with Crippen molar-refractivity contribution in [3.8, 4) is 0 Å². The summed E-state index contributed by atoms with van der Waals surface area (Å²) in [4.78, 5) is 0. The van der Waals surface area contributed by atoms with Crippen LogP contribution in [0.4, 0.5) is 0 Å². The third kappa shape index (κ3) is 3.77. The zero-order valence-electron chi connectivity index (χ0n) is 19.9. The molecule has 4 fully saturated rings. The SMILES string of the molecule is C=C1C=C2CCC3C(CCC4(C)C(C(N)C5SCCCS5)CCC34)C2(C)CC1.CC. The van der Waals surface area contributed by atoms with Crippen molar-refractivity contribution in [1.29, 1.82) is 0 Å². The Kier molecular flexibility index (Phi) is 7.13. The summed E-state index contributed by atoms with van der Waals surface area (Å²) in [5.41, 5.74) is 11.1.